The third-order valence-corrected chi connectivity index (χ3v) is 4.34. The third kappa shape index (κ3) is 2.97. The Morgan fingerprint density at radius 2 is 2.05 bits per heavy atom. The van der Waals surface area contributed by atoms with Gasteiger partial charge in [-0.3, -0.25) is 4.90 Å². The van der Waals surface area contributed by atoms with Gasteiger partial charge < -0.3 is 4.57 Å². The van der Waals surface area contributed by atoms with E-state index in [-0.39, 0.29) is 12.6 Å². The van der Waals surface area contributed by atoms with Crippen molar-refractivity contribution in [3.8, 4) is 0 Å². The van der Waals surface area contributed by atoms with Crippen LogP contribution in [0.15, 0.2) is 24.3 Å². The second-order valence-electron chi connectivity index (χ2n) is 5.76. The molecule has 2 heterocycles. The summed E-state index contributed by atoms with van der Waals surface area (Å²) in [5.74, 6) is 0.906. The molecular formula is C16H20F3N3. The van der Waals surface area contributed by atoms with E-state index in [9.17, 15) is 13.2 Å². The maximum absolute atomic E-state index is 12.5. The lowest BCUT2D eigenvalue weighted by molar-refractivity contribution is -0.138. The Labute approximate surface area is 127 Å². The predicted octanol–water partition coefficient (Wildman–Crippen LogP) is 4.15. The van der Waals surface area contributed by atoms with Crippen molar-refractivity contribution in [1.29, 1.82) is 0 Å². The molecule has 22 heavy (non-hydrogen) atoms. The van der Waals surface area contributed by atoms with Crippen LogP contribution in [-0.4, -0.2) is 33.7 Å². The van der Waals surface area contributed by atoms with Crippen LogP contribution in [0.1, 0.15) is 38.1 Å². The Hall–Kier alpha value is -1.56. The Morgan fingerprint density at radius 3 is 2.77 bits per heavy atom. The molecule has 1 aromatic heterocycles. The van der Waals surface area contributed by atoms with E-state index in [1.807, 2.05) is 36.1 Å². The number of halogens is 3. The van der Waals surface area contributed by atoms with Crippen molar-refractivity contribution in [1.82, 2.24) is 14.5 Å². The van der Waals surface area contributed by atoms with Crippen molar-refractivity contribution in [3.63, 3.8) is 0 Å². The van der Waals surface area contributed by atoms with E-state index in [0.717, 1.165) is 36.2 Å². The van der Waals surface area contributed by atoms with Gasteiger partial charge in [-0.15, -0.1) is 0 Å². The monoisotopic (exact) mass is 311 g/mol. The molecule has 0 amide bonds. The minimum absolute atomic E-state index is 0.00491. The summed E-state index contributed by atoms with van der Waals surface area (Å²) in [6, 6.07) is 7.88. The first kappa shape index (κ1) is 15.3. The standard InChI is InChI=1S/C16H20F3N3/c1-2-22-13-7-4-3-6-12(13)20-15(22)14-8-5-10-21(14)11-9-16(17,18)19/h3-4,6-7,14H,2,5,8-11H2,1H3/t14-/m1/s1. The van der Waals surface area contributed by atoms with Crippen molar-refractivity contribution < 1.29 is 13.2 Å². The first-order valence-corrected chi connectivity index (χ1v) is 7.75. The fourth-order valence-electron chi connectivity index (χ4n) is 3.34. The summed E-state index contributed by atoms with van der Waals surface area (Å²) in [6.45, 7) is 3.60. The van der Waals surface area contributed by atoms with Crippen LogP contribution in [0, 0.1) is 0 Å². The van der Waals surface area contributed by atoms with Crippen LogP contribution in [0.25, 0.3) is 11.0 Å². The maximum atomic E-state index is 12.5. The average Bonchev–Trinajstić information content (AvgIpc) is 3.07. The van der Waals surface area contributed by atoms with Gasteiger partial charge in [0.25, 0.3) is 0 Å². The Bertz CT molecular complexity index is 648. The molecule has 1 fully saturated rings. The van der Waals surface area contributed by atoms with Gasteiger partial charge in [-0.25, -0.2) is 4.98 Å². The number of fused-ring (bicyclic) bond motifs is 1. The average molecular weight is 311 g/mol. The SMILES string of the molecule is CCn1c([C@H]2CCCN2CCC(F)(F)F)nc2ccccc21. The summed E-state index contributed by atoms with van der Waals surface area (Å²) >= 11 is 0. The molecule has 6 heteroatoms. The van der Waals surface area contributed by atoms with Gasteiger partial charge in [-0.05, 0) is 38.4 Å². The molecule has 0 spiro atoms. The lowest BCUT2D eigenvalue weighted by Crippen LogP contribution is -2.29. The van der Waals surface area contributed by atoms with Gasteiger partial charge in [0.2, 0.25) is 0 Å². The number of imidazole rings is 1. The molecule has 0 bridgehead atoms. The van der Waals surface area contributed by atoms with Crippen LogP contribution in [0.2, 0.25) is 0 Å². The quantitative estimate of drug-likeness (QED) is 0.846. The minimum atomic E-state index is -4.10. The highest BCUT2D eigenvalue weighted by molar-refractivity contribution is 5.76. The van der Waals surface area contributed by atoms with Gasteiger partial charge in [0.15, 0.2) is 0 Å². The molecule has 1 aromatic carbocycles. The Morgan fingerprint density at radius 1 is 1.27 bits per heavy atom. The summed E-state index contributed by atoms with van der Waals surface area (Å²) in [6.07, 6.45) is -3.05. The van der Waals surface area contributed by atoms with E-state index in [1.165, 1.54) is 0 Å². The summed E-state index contributed by atoms with van der Waals surface area (Å²) in [5.41, 5.74) is 1.98. The molecule has 0 radical (unpaired) electrons. The highest BCUT2D eigenvalue weighted by Gasteiger charge is 2.34. The minimum Gasteiger partial charge on any atom is -0.327 e. The molecular weight excluding hydrogens is 291 g/mol. The van der Waals surface area contributed by atoms with Crippen molar-refractivity contribution in [2.45, 2.75) is 44.9 Å². The van der Waals surface area contributed by atoms with Crippen molar-refractivity contribution in [2.24, 2.45) is 0 Å². The van der Waals surface area contributed by atoms with Gasteiger partial charge >= 0.3 is 6.18 Å². The summed E-state index contributed by atoms with van der Waals surface area (Å²) in [4.78, 5) is 6.63. The number of hydrogen-bond donors (Lipinski definition) is 0. The van der Waals surface area contributed by atoms with Crippen LogP contribution in [-0.2, 0) is 6.54 Å². The number of para-hydroxylation sites is 2. The molecule has 1 saturated heterocycles. The molecule has 0 saturated carbocycles. The lowest BCUT2D eigenvalue weighted by atomic mass is 10.2. The van der Waals surface area contributed by atoms with Crippen molar-refractivity contribution in [2.75, 3.05) is 13.1 Å². The number of aryl methyl sites for hydroxylation is 1. The molecule has 1 aliphatic rings. The van der Waals surface area contributed by atoms with E-state index in [4.69, 9.17) is 4.98 Å². The number of aromatic nitrogens is 2. The van der Waals surface area contributed by atoms with Crippen LogP contribution >= 0.6 is 0 Å². The number of benzene rings is 1. The number of likely N-dealkylation sites (tertiary alicyclic amines) is 1. The fraction of sp³-hybridized carbons (Fsp3) is 0.562. The smallest absolute Gasteiger partial charge is 0.327 e. The van der Waals surface area contributed by atoms with Gasteiger partial charge in [0, 0.05) is 13.1 Å². The topological polar surface area (TPSA) is 21.1 Å². The molecule has 120 valence electrons. The zero-order chi connectivity index (χ0) is 15.7. The maximum Gasteiger partial charge on any atom is 0.390 e. The zero-order valence-electron chi connectivity index (χ0n) is 12.6. The van der Waals surface area contributed by atoms with E-state index in [2.05, 4.69) is 4.57 Å². The first-order valence-electron chi connectivity index (χ1n) is 7.75. The van der Waals surface area contributed by atoms with Crippen LogP contribution in [0.3, 0.4) is 0 Å². The van der Waals surface area contributed by atoms with Crippen LogP contribution < -0.4 is 0 Å². The lowest BCUT2D eigenvalue weighted by Gasteiger charge is -2.25. The van der Waals surface area contributed by atoms with Crippen LogP contribution in [0.5, 0.6) is 0 Å². The molecule has 1 atom stereocenters. The van der Waals surface area contributed by atoms with Gasteiger partial charge in [-0.2, -0.15) is 13.2 Å². The summed E-state index contributed by atoms with van der Waals surface area (Å²) in [7, 11) is 0. The van der Waals surface area contributed by atoms with E-state index >= 15 is 0 Å². The fourth-order valence-corrected chi connectivity index (χ4v) is 3.34. The number of nitrogens with zero attached hydrogens (tertiary/aromatic N) is 3. The highest BCUT2D eigenvalue weighted by atomic mass is 19.4. The van der Waals surface area contributed by atoms with E-state index in [0.29, 0.717) is 6.54 Å². The molecule has 0 N–H and O–H groups in total. The van der Waals surface area contributed by atoms with Gasteiger partial charge in [0.05, 0.1) is 23.5 Å². The number of alkyl halides is 3. The first-order chi connectivity index (χ1) is 10.5. The third-order valence-electron chi connectivity index (χ3n) is 4.34. The highest BCUT2D eigenvalue weighted by Crippen LogP contribution is 2.34. The number of rotatable bonds is 4. The molecule has 3 nitrogen and oxygen atoms in total. The second kappa shape index (κ2) is 5.91. The number of hydrogen-bond acceptors (Lipinski definition) is 2. The summed E-state index contributed by atoms with van der Waals surface area (Å²) < 4.78 is 39.6. The Kier molecular flexibility index (Phi) is 4.12. The Balaban J connectivity index is 1.89. The largest absolute Gasteiger partial charge is 0.390 e. The molecule has 3 rings (SSSR count). The zero-order valence-corrected chi connectivity index (χ0v) is 12.6. The van der Waals surface area contributed by atoms with Gasteiger partial charge in [0.1, 0.15) is 5.82 Å². The second-order valence-corrected chi connectivity index (χ2v) is 5.76. The molecule has 0 unspecified atom stereocenters. The normalized spacial score (nSPS) is 20.1. The molecule has 0 aliphatic carbocycles. The summed E-state index contributed by atoms with van der Waals surface area (Å²) in [5, 5.41) is 0. The van der Waals surface area contributed by atoms with Crippen molar-refractivity contribution in [3.05, 3.63) is 30.1 Å². The van der Waals surface area contributed by atoms with E-state index < -0.39 is 12.6 Å². The predicted molar refractivity (Wildman–Crippen MR) is 79.6 cm³/mol. The van der Waals surface area contributed by atoms with Gasteiger partial charge in [-0.1, -0.05) is 12.1 Å². The van der Waals surface area contributed by atoms with E-state index in [1.54, 1.807) is 0 Å². The van der Waals surface area contributed by atoms with Crippen molar-refractivity contribution >= 4 is 11.0 Å². The molecule has 2 aromatic rings. The molecule has 1 aliphatic heterocycles. The van der Waals surface area contributed by atoms with Crippen LogP contribution in [0.4, 0.5) is 13.2 Å².